The largest absolute Gasteiger partial charge is 0.461 e. The molecular weight excluding hydrogens is 240 g/mol. The third-order valence-electron chi connectivity index (χ3n) is 2.43. The lowest BCUT2D eigenvalue weighted by Crippen LogP contribution is -2.27. The zero-order valence-corrected chi connectivity index (χ0v) is 11.5. The van der Waals surface area contributed by atoms with Gasteiger partial charge in [0.1, 0.15) is 11.9 Å². The molecule has 0 spiro atoms. The lowest BCUT2D eigenvalue weighted by molar-refractivity contribution is -0.382. The van der Waals surface area contributed by atoms with Crippen molar-refractivity contribution in [2.24, 2.45) is 0 Å². The van der Waals surface area contributed by atoms with E-state index in [2.05, 4.69) is 4.89 Å². The summed E-state index contributed by atoms with van der Waals surface area (Å²) >= 11 is 0. The molecule has 1 heterocycles. The van der Waals surface area contributed by atoms with Gasteiger partial charge in [-0.15, -0.1) is 0 Å². The number of rotatable bonds is 5. The second-order valence-electron chi connectivity index (χ2n) is 5.13. The molecule has 1 fully saturated rings. The molecule has 1 rings (SSSR count). The summed E-state index contributed by atoms with van der Waals surface area (Å²) in [5.74, 6) is -0.960. The molecule has 0 aromatic heterocycles. The second kappa shape index (κ2) is 5.44. The summed E-state index contributed by atoms with van der Waals surface area (Å²) in [6.07, 6.45) is 0.0550. The summed E-state index contributed by atoms with van der Waals surface area (Å²) in [6.45, 7) is 8.39. The summed E-state index contributed by atoms with van der Waals surface area (Å²) in [4.78, 5) is 4.21. The van der Waals surface area contributed by atoms with Gasteiger partial charge in [-0.1, -0.05) is 0 Å². The Labute approximate surface area is 107 Å². The molecule has 1 saturated heterocycles. The minimum Gasteiger partial charge on any atom is -0.461 e. The molecule has 1 atom stereocenters. The Kier molecular flexibility index (Phi) is 4.61. The van der Waals surface area contributed by atoms with Crippen LogP contribution in [-0.4, -0.2) is 34.6 Å². The van der Waals surface area contributed by atoms with Crippen LogP contribution in [0.4, 0.5) is 0 Å². The Morgan fingerprint density at radius 1 is 1.44 bits per heavy atom. The third-order valence-corrected chi connectivity index (χ3v) is 2.43. The minimum atomic E-state index is -1.17. The van der Waals surface area contributed by atoms with E-state index in [-0.39, 0.29) is 12.7 Å². The van der Waals surface area contributed by atoms with Crippen LogP contribution in [0.15, 0.2) is 11.5 Å². The highest BCUT2D eigenvalue weighted by Crippen LogP contribution is 2.35. The highest BCUT2D eigenvalue weighted by molar-refractivity contribution is 5.10. The molecular formula is C12H22O6. The normalized spacial score (nSPS) is 25.8. The molecule has 6 nitrogen and oxygen atoms in total. The van der Waals surface area contributed by atoms with Gasteiger partial charge in [-0.2, -0.15) is 4.89 Å². The van der Waals surface area contributed by atoms with Crippen molar-refractivity contribution >= 4 is 0 Å². The van der Waals surface area contributed by atoms with Crippen molar-refractivity contribution in [2.75, 3.05) is 6.61 Å². The number of hydrogen-bond acceptors (Lipinski definition) is 6. The number of allylic oxidation sites excluding steroid dienone is 1. The van der Waals surface area contributed by atoms with Crippen molar-refractivity contribution < 1.29 is 29.5 Å². The van der Waals surface area contributed by atoms with E-state index in [1.807, 2.05) is 0 Å². The molecule has 1 aliphatic heterocycles. The Morgan fingerprint density at radius 2 is 2.06 bits per heavy atom. The SMILES string of the molecule is C/C(OC(C)(C)OO)=C1\OC(C)(C)OC1CCO. The van der Waals surface area contributed by atoms with E-state index in [9.17, 15) is 0 Å². The summed E-state index contributed by atoms with van der Waals surface area (Å²) in [5, 5.41) is 17.7. The van der Waals surface area contributed by atoms with Gasteiger partial charge in [-0.3, -0.25) is 0 Å². The van der Waals surface area contributed by atoms with Crippen LogP contribution in [0.25, 0.3) is 0 Å². The summed E-state index contributed by atoms with van der Waals surface area (Å²) in [7, 11) is 0. The van der Waals surface area contributed by atoms with E-state index in [0.717, 1.165) is 0 Å². The van der Waals surface area contributed by atoms with Gasteiger partial charge in [0.05, 0.1) is 0 Å². The maximum Gasteiger partial charge on any atom is 0.234 e. The van der Waals surface area contributed by atoms with Crippen LogP contribution in [-0.2, 0) is 19.1 Å². The maximum absolute atomic E-state index is 9.01. The van der Waals surface area contributed by atoms with Gasteiger partial charge in [0.25, 0.3) is 0 Å². The van der Waals surface area contributed by atoms with E-state index < -0.39 is 11.6 Å². The molecule has 1 unspecified atom stereocenters. The zero-order chi connectivity index (χ0) is 14.0. The molecule has 0 aromatic rings. The minimum absolute atomic E-state index is 0.0131. The van der Waals surface area contributed by atoms with Gasteiger partial charge >= 0.3 is 0 Å². The van der Waals surface area contributed by atoms with E-state index in [1.54, 1.807) is 34.6 Å². The van der Waals surface area contributed by atoms with Crippen molar-refractivity contribution in [1.82, 2.24) is 0 Å². The third kappa shape index (κ3) is 3.84. The smallest absolute Gasteiger partial charge is 0.234 e. The molecule has 1 aliphatic rings. The maximum atomic E-state index is 9.01. The van der Waals surface area contributed by atoms with Crippen LogP contribution in [0.1, 0.15) is 41.0 Å². The van der Waals surface area contributed by atoms with E-state index >= 15 is 0 Å². The first-order valence-electron chi connectivity index (χ1n) is 5.91. The molecule has 0 aliphatic carbocycles. The topological polar surface area (TPSA) is 77.4 Å². The molecule has 0 bridgehead atoms. The predicted octanol–water partition coefficient (Wildman–Crippen LogP) is 1.99. The first-order valence-corrected chi connectivity index (χ1v) is 5.91. The van der Waals surface area contributed by atoms with Gasteiger partial charge in [0.2, 0.25) is 11.6 Å². The van der Waals surface area contributed by atoms with Gasteiger partial charge < -0.3 is 19.3 Å². The quantitative estimate of drug-likeness (QED) is 0.341. The molecule has 0 saturated carbocycles. The summed E-state index contributed by atoms with van der Waals surface area (Å²) in [5.41, 5.74) is 0. The van der Waals surface area contributed by atoms with Crippen LogP contribution >= 0.6 is 0 Å². The van der Waals surface area contributed by atoms with Crippen LogP contribution in [0.5, 0.6) is 0 Å². The van der Waals surface area contributed by atoms with Crippen LogP contribution < -0.4 is 0 Å². The average Bonchev–Trinajstić information content (AvgIpc) is 2.54. The molecule has 18 heavy (non-hydrogen) atoms. The van der Waals surface area contributed by atoms with Crippen molar-refractivity contribution in [3.63, 3.8) is 0 Å². The predicted molar refractivity (Wildman–Crippen MR) is 63.3 cm³/mol. The summed E-state index contributed by atoms with van der Waals surface area (Å²) in [6, 6.07) is 0. The highest BCUT2D eigenvalue weighted by atomic mass is 17.1. The van der Waals surface area contributed by atoms with Gasteiger partial charge in [0, 0.05) is 40.7 Å². The van der Waals surface area contributed by atoms with Gasteiger partial charge in [-0.05, 0) is 6.92 Å². The lowest BCUT2D eigenvalue weighted by atomic mass is 10.2. The fourth-order valence-corrected chi connectivity index (χ4v) is 1.79. The molecule has 0 aromatic carbocycles. The number of aliphatic hydroxyl groups is 1. The monoisotopic (exact) mass is 262 g/mol. The average molecular weight is 262 g/mol. The number of ether oxygens (including phenoxy) is 3. The Bertz CT molecular complexity index is 321. The number of hydrogen-bond donors (Lipinski definition) is 2. The van der Waals surface area contributed by atoms with Crippen LogP contribution in [0, 0.1) is 0 Å². The highest BCUT2D eigenvalue weighted by Gasteiger charge is 2.40. The fourth-order valence-electron chi connectivity index (χ4n) is 1.79. The van der Waals surface area contributed by atoms with Crippen molar-refractivity contribution in [1.29, 1.82) is 0 Å². The fraction of sp³-hybridized carbons (Fsp3) is 0.833. The summed E-state index contributed by atoms with van der Waals surface area (Å²) < 4.78 is 16.8. The zero-order valence-electron chi connectivity index (χ0n) is 11.5. The van der Waals surface area contributed by atoms with Crippen LogP contribution in [0.2, 0.25) is 0 Å². The van der Waals surface area contributed by atoms with Gasteiger partial charge in [0.15, 0.2) is 5.76 Å². The Morgan fingerprint density at radius 3 is 2.56 bits per heavy atom. The Hall–Kier alpha value is -0.820. The van der Waals surface area contributed by atoms with Crippen LogP contribution in [0.3, 0.4) is 0 Å². The molecule has 0 radical (unpaired) electrons. The van der Waals surface area contributed by atoms with E-state index in [1.165, 1.54) is 0 Å². The van der Waals surface area contributed by atoms with Gasteiger partial charge in [-0.25, -0.2) is 5.26 Å². The molecule has 106 valence electrons. The van der Waals surface area contributed by atoms with E-state index in [0.29, 0.717) is 17.9 Å². The first-order chi connectivity index (χ1) is 8.21. The second-order valence-corrected chi connectivity index (χ2v) is 5.13. The van der Waals surface area contributed by atoms with Crippen molar-refractivity contribution in [2.45, 2.75) is 58.7 Å². The molecule has 6 heteroatoms. The van der Waals surface area contributed by atoms with E-state index in [4.69, 9.17) is 24.6 Å². The Balaban J connectivity index is 2.89. The first kappa shape index (κ1) is 15.2. The number of aliphatic hydroxyl groups excluding tert-OH is 1. The lowest BCUT2D eigenvalue weighted by Gasteiger charge is -2.24. The van der Waals surface area contributed by atoms with Crippen molar-refractivity contribution in [3.8, 4) is 0 Å². The standard InChI is InChI=1S/C12H22O6/c1-8(15-12(4,5)18-14)10-9(6-7-13)16-11(2,3)17-10/h9,13-14H,6-7H2,1-5H3/b10-8+. The molecule has 0 amide bonds. The van der Waals surface area contributed by atoms with Crippen molar-refractivity contribution in [3.05, 3.63) is 11.5 Å². The molecule has 2 N–H and O–H groups in total.